The van der Waals surface area contributed by atoms with Crippen molar-refractivity contribution in [3.05, 3.63) is 0 Å². The lowest BCUT2D eigenvalue weighted by Gasteiger charge is -2.32. The summed E-state index contributed by atoms with van der Waals surface area (Å²) in [5.41, 5.74) is -1.42. The molecule has 0 saturated heterocycles. The van der Waals surface area contributed by atoms with Crippen LogP contribution in [-0.2, 0) is 57.2 Å². The number of hydrogen-bond acceptors (Lipinski definition) is 13. The first-order valence-corrected chi connectivity index (χ1v) is 24.8. The molecule has 0 aliphatic rings. The molecule has 0 aromatic heterocycles. The van der Waals surface area contributed by atoms with Gasteiger partial charge in [-0.15, -0.1) is 0 Å². The smallest absolute Gasteiger partial charge is 0.306 e. The Kier molecular flexibility index (Phi) is 37.2. The maximum absolute atomic E-state index is 13.5. The molecule has 13 heteroatoms. The summed E-state index contributed by atoms with van der Waals surface area (Å²) >= 11 is 0. The molecule has 0 unspecified atom stereocenters. The summed E-state index contributed by atoms with van der Waals surface area (Å²) in [4.78, 5) is 79.7. The number of carbonyl (C=O) groups excluding carboxylic acids is 6. The van der Waals surface area contributed by atoms with Crippen LogP contribution in [0.5, 0.6) is 0 Å². The molecule has 63 heavy (non-hydrogen) atoms. The molecule has 0 atom stereocenters. The normalized spacial score (nSPS) is 11.6. The third kappa shape index (κ3) is 33.9. The predicted molar refractivity (Wildman–Crippen MR) is 247 cm³/mol. The minimum Gasteiger partial charge on any atom is -0.465 e. The van der Waals surface area contributed by atoms with Crippen molar-refractivity contribution in [2.75, 3.05) is 60.3 Å². The van der Waals surface area contributed by atoms with Crippen molar-refractivity contribution in [2.45, 2.75) is 202 Å². The topological polar surface area (TPSA) is 161 Å². The summed E-state index contributed by atoms with van der Waals surface area (Å²) in [5.74, 6) is -2.10. The summed E-state index contributed by atoms with van der Waals surface area (Å²) < 4.78 is 34.1. The lowest BCUT2D eigenvalue weighted by molar-refractivity contribution is -0.171. The maximum Gasteiger partial charge on any atom is 0.306 e. The maximum atomic E-state index is 13.5. The second-order valence-electron chi connectivity index (χ2n) is 18.1. The lowest BCUT2D eigenvalue weighted by Crippen LogP contribution is -2.44. The highest BCUT2D eigenvalue weighted by atomic mass is 16.6. The van der Waals surface area contributed by atoms with E-state index in [9.17, 15) is 28.8 Å². The van der Waals surface area contributed by atoms with Crippen molar-refractivity contribution in [3.63, 3.8) is 0 Å². The number of unbranched alkanes of at least 4 members (excludes halogenated alkanes) is 4. The molecule has 0 aliphatic heterocycles. The summed E-state index contributed by atoms with van der Waals surface area (Å²) in [5, 5.41) is 0. The molecule has 368 valence electrons. The Labute approximate surface area is 382 Å². The van der Waals surface area contributed by atoms with E-state index in [1.54, 1.807) is 0 Å². The molecule has 0 amide bonds. The zero-order valence-corrected chi connectivity index (χ0v) is 41.2. The first-order chi connectivity index (χ1) is 30.3. The second kappa shape index (κ2) is 39.2. The van der Waals surface area contributed by atoms with E-state index >= 15 is 0 Å². The molecular formula is C50H91NO12. The molecule has 0 aliphatic carbocycles. The zero-order chi connectivity index (χ0) is 47.1. The Hall–Kier alpha value is -3.22. The summed E-state index contributed by atoms with van der Waals surface area (Å²) in [7, 11) is 3.81. The highest BCUT2D eigenvalue weighted by molar-refractivity contribution is 5.73. The van der Waals surface area contributed by atoms with Gasteiger partial charge in [0.05, 0.1) is 13.2 Å². The quantitative estimate of drug-likeness (QED) is 0.0324. The molecule has 0 rings (SSSR count). The molecule has 0 radical (unpaired) electrons. The van der Waals surface area contributed by atoms with Gasteiger partial charge in [0.2, 0.25) is 0 Å². The van der Waals surface area contributed by atoms with Crippen molar-refractivity contribution >= 4 is 35.8 Å². The third-order valence-electron chi connectivity index (χ3n) is 11.3. The largest absolute Gasteiger partial charge is 0.465 e. The van der Waals surface area contributed by atoms with Crippen LogP contribution >= 0.6 is 0 Å². The standard InChI is InChI=1S/C50H91NO12/c1-9-15-17-26-41(27-18-16-10-2)34-49(57)63-40-50(39-62-48(56)32-21-33-51(7)8,37-60-46(54)30-19-28-44(52)58-35-42(22-11-3)23-12-4)38-61-47(55)31-20-29-45(53)59-36-43(24-13-5)25-14-6/h41-43H,9-40H2,1-8H3. The minimum atomic E-state index is -1.42. The van der Waals surface area contributed by atoms with Crippen molar-refractivity contribution in [1.29, 1.82) is 0 Å². The van der Waals surface area contributed by atoms with Crippen molar-refractivity contribution in [2.24, 2.45) is 23.2 Å². The number of ether oxygens (including phenoxy) is 6. The molecular weight excluding hydrogens is 807 g/mol. The van der Waals surface area contributed by atoms with E-state index in [1.165, 1.54) is 0 Å². The van der Waals surface area contributed by atoms with E-state index < -0.39 is 29.3 Å². The lowest BCUT2D eigenvalue weighted by atomic mass is 9.91. The van der Waals surface area contributed by atoms with E-state index in [1.807, 2.05) is 19.0 Å². The van der Waals surface area contributed by atoms with Crippen LogP contribution < -0.4 is 0 Å². The van der Waals surface area contributed by atoms with Crippen LogP contribution in [0.15, 0.2) is 0 Å². The fraction of sp³-hybridized carbons (Fsp3) is 0.880. The van der Waals surface area contributed by atoms with Gasteiger partial charge < -0.3 is 33.3 Å². The summed E-state index contributed by atoms with van der Waals surface area (Å²) in [6, 6.07) is 0. The Morgan fingerprint density at radius 1 is 0.381 bits per heavy atom. The molecule has 0 heterocycles. The van der Waals surface area contributed by atoms with Crippen LogP contribution in [0.2, 0.25) is 0 Å². The van der Waals surface area contributed by atoms with E-state index in [4.69, 9.17) is 28.4 Å². The Balaban J connectivity index is 6.04. The van der Waals surface area contributed by atoms with Crippen molar-refractivity contribution in [3.8, 4) is 0 Å². The first kappa shape index (κ1) is 59.8. The molecule has 0 aromatic carbocycles. The molecule has 0 spiro atoms. The van der Waals surface area contributed by atoms with Crippen molar-refractivity contribution in [1.82, 2.24) is 4.90 Å². The molecule has 0 N–H and O–H groups in total. The summed E-state index contributed by atoms with van der Waals surface area (Å²) in [6.45, 7) is 12.7. The van der Waals surface area contributed by atoms with Gasteiger partial charge in [0.25, 0.3) is 0 Å². The van der Waals surface area contributed by atoms with Gasteiger partial charge in [-0.3, -0.25) is 28.8 Å². The highest BCUT2D eigenvalue weighted by Gasteiger charge is 2.38. The number of hydrogen-bond donors (Lipinski definition) is 0. The average molecular weight is 898 g/mol. The number of esters is 6. The van der Waals surface area contributed by atoms with E-state index in [0.717, 1.165) is 103 Å². The fourth-order valence-corrected chi connectivity index (χ4v) is 7.52. The Morgan fingerprint density at radius 2 is 0.714 bits per heavy atom. The van der Waals surface area contributed by atoms with Gasteiger partial charge in [-0.05, 0) is 96.2 Å². The van der Waals surface area contributed by atoms with Crippen LogP contribution in [0.25, 0.3) is 0 Å². The van der Waals surface area contributed by atoms with Crippen LogP contribution in [0.1, 0.15) is 202 Å². The summed E-state index contributed by atoms with van der Waals surface area (Å²) in [6.07, 6.45) is 17.4. The molecule has 0 saturated carbocycles. The number of nitrogens with zero attached hydrogens (tertiary/aromatic N) is 1. The molecule has 13 nitrogen and oxygen atoms in total. The van der Waals surface area contributed by atoms with Crippen LogP contribution in [0.3, 0.4) is 0 Å². The van der Waals surface area contributed by atoms with Gasteiger partial charge in [-0.2, -0.15) is 0 Å². The zero-order valence-electron chi connectivity index (χ0n) is 41.2. The van der Waals surface area contributed by atoms with Crippen LogP contribution in [0.4, 0.5) is 0 Å². The van der Waals surface area contributed by atoms with Gasteiger partial charge in [-0.1, -0.05) is 106 Å². The van der Waals surface area contributed by atoms with Crippen LogP contribution in [0, 0.1) is 23.2 Å². The number of rotatable bonds is 42. The van der Waals surface area contributed by atoms with Gasteiger partial charge in [-0.25, -0.2) is 0 Å². The van der Waals surface area contributed by atoms with Gasteiger partial charge >= 0.3 is 35.8 Å². The third-order valence-corrected chi connectivity index (χ3v) is 11.3. The van der Waals surface area contributed by atoms with Crippen LogP contribution in [-0.4, -0.2) is 101 Å². The molecule has 0 bridgehead atoms. The Morgan fingerprint density at radius 3 is 1.05 bits per heavy atom. The average Bonchev–Trinajstić information content (AvgIpc) is 3.24. The van der Waals surface area contributed by atoms with E-state index in [0.29, 0.717) is 38.0 Å². The van der Waals surface area contributed by atoms with Crippen molar-refractivity contribution < 1.29 is 57.2 Å². The van der Waals surface area contributed by atoms with Gasteiger partial charge in [0.15, 0.2) is 0 Å². The highest BCUT2D eigenvalue weighted by Crippen LogP contribution is 2.26. The second-order valence-corrected chi connectivity index (χ2v) is 18.1. The van der Waals surface area contributed by atoms with Gasteiger partial charge in [0, 0.05) is 38.5 Å². The van der Waals surface area contributed by atoms with Gasteiger partial charge in [0.1, 0.15) is 31.8 Å². The molecule has 0 aromatic rings. The fourth-order valence-electron chi connectivity index (χ4n) is 7.52. The Bertz CT molecular complexity index is 1150. The molecule has 0 fully saturated rings. The van der Waals surface area contributed by atoms with E-state index in [2.05, 4.69) is 41.5 Å². The SMILES string of the molecule is CCCCCC(CCCCC)CC(=O)OCC(COC(=O)CCCC(=O)OCC(CCC)CCC)(COC(=O)CCCC(=O)OCC(CCC)CCC)COC(=O)CCCN(C)C. The predicted octanol–water partition coefficient (Wildman–Crippen LogP) is 10.5. The number of carbonyl (C=O) groups is 6. The van der Waals surface area contributed by atoms with E-state index in [-0.39, 0.29) is 95.7 Å². The monoisotopic (exact) mass is 898 g/mol. The minimum absolute atomic E-state index is 0.0499. The first-order valence-electron chi connectivity index (χ1n) is 24.8.